The van der Waals surface area contributed by atoms with Crippen molar-refractivity contribution in [3.63, 3.8) is 0 Å². The number of aromatic nitrogens is 1. The Kier molecular flexibility index (Phi) is 20.9. The summed E-state index contributed by atoms with van der Waals surface area (Å²) >= 11 is 13.1. The number of aliphatic carboxylic acids is 3. The van der Waals surface area contributed by atoms with Crippen LogP contribution in [0.5, 0.6) is 5.75 Å². The molecule has 0 spiro atoms. The normalized spacial score (nSPS) is 14.9. The number of alkyl halides is 9. The Bertz CT molecular complexity index is 2290. The molecule has 2 aliphatic heterocycles. The topological polar surface area (TPSA) is 245 Å². The molecule has 0 unspecified atom stereocenters. The van der Waals surface area contributed by atoms with Gasteiger partial charge in [-0.15, -0.1) is 0 Å². The summed E-state index contributed by atoms with van der Waals surface area (Å²) in [5.41, 5.74) is 0.287. The summed E-state index contributed by atoms with van der Waals surface area (Å²) in [7, 11) is -4.27. The molecule has 0 bridgehead atoms. The first-order chi connectivity index (χ1) is 30.7. The van der Waals surface area contributed by atoms with E-state index in [2.05, 4.69) is 20.3 Å². The van der Waals surface area contributed by atoms with E-state index in [4.69, 9.17) is 57.6 Å². The molecule has 0 aliphatic carbocycles. The number of nitrogens with zero attached hydrogens (tertiary/aromatic N) is 3. The maximum atomic E-state index is 13.6. The maximum Gasteiger partial charge on any atom is 0.490 e. The number of carbonyl (C=O) groups excluding carboxylic acids is 2. The number of rotatable bonds is 10. The lowest BCUT2D eigenvalue weighted by Gasteiger charge is -2.39. The van der Waals surface area contributed by atoms with Gasteiger partial charge in [-0.25, -0.2) is 27.8 Å². The molecule has 3 aromatic rings. The molecule has 2 aromatic carbocycles. The SMILES string of the molecule is Cc1ccc2cccc(OCc3c(Cl)ccc(S(=O)(=O)NC(C)(C)C(=O)N4CCN(C(=O)CNC5CCNCC5)CC4)c3Cl)c2n1.O=C(O)C(F)(F)F.O=C(O)C(F)(F)F.O=C(O)C(F)(F)F. The van der Waals surface area contributed by atoms with Gasteiger partial charge in [-0.1, -0.05) is 41.4 Å². The van der Waals surface area contributed by atoms with E-state index in [0.717, 1.165) is 37.0 Å². The summed E-state index contributed by atoms with van der Waals surface area (Å²) in [6.07, 6.45) is -13.3. The largest absolute Gasteiger partial charge is 0.490 e. The average Bonchev–Trinajstić information content (AvgIpc) is 3.22. The molecule has 0 saturated carbocycles. The van der Waals surface area contributed by atoms with Gasteiger partial charge in [-0.2, -0.15) is 44.2 Å². The molecule has 2 saturated heterocycles. The first-order valence-corrected chi connectivity index (χ1v) is 21.3. The van der Waals surface area contributed by atoms with Gasteiger partial charge in [0.15, 0.2) is 0 Å². The lowest BCUT2D eigenvalue weighted by Crippen LogP contribution is -2.60. The van der Waals surface area contributed by atoms with Crippen molar-refractivity contribution in [2.45, 2.75) is 75.2 Å². The van der Waals surface area contributed by atoms with Crippen LogP contribution in [-0.4, -0.2) is 144 Å². The fraction of sp³-hybridized carbons (Fsp3) is 0.474. The van der Waals surface area contributed by atoms with Crippen molar-refractivity contribution in [3.8, 4) is 5.75 Å². The molecule has 2 fully saturated rings. The number of amides is 2. The van der Waals surface area contributed by atoms with Gasteiger partial charge < -0.3 is 40.5 Å². The van der Waals surface area contributed by atoms with Gasteiger partial charge in [-0.05, 0) is 71.0 Å². The number of para-hydroxylation sites is 1. The molecule has 0 atom stereocenters. The monoisotopic (exact) mass is 1030 g/mol. The Morgan fingerprint density at radius 2 is 1.28 bits per heavy atom. The number of pyridine rings is 1. The van der Waals surface area contributed by atoms with Crippen molar-refractivity contribution in [2.75, 3.05) is 45.8 Å². The summed E-state index contributed by atoms with van der Waals surface area (Å²) in [5, 5.41) is 29.1. The van der Waals surface area contributed by atoms with Crippen LogP contribution in [0.3, 0.4) is 0 Å². The Hall–Kier alpha value is -5.22. The highest BCUT2D eigenvalue weighted by atomic mass is 35.5. The number of hydrogen-bond acceptors (Lipinski definition) is 11. The lowest BCUT2D eigenvalue weighted by molar-refractivity contribution is -0.193. The van der Waals surface area contributed by atoms with Gasteiger partial charge in [0.2, 0.25) is 21.8 Å². The minimum absolute atomic E-state index is 0.00501. The number of hydrogen-bond donors (Lipinski definition) is 6. The van der Waals surface area contributed by atoms with Crippen LogP contribution < -0.4 is 20.1 Å². The lowest BCUT2D eigenvalue weighted by atomic mass is 10.0. The number of aryl methyl sites for hydroxylation is 1. The van der Waals surface area contributed by atoms with Crippen molar-refractivity contribution >= 4 is 73.9 Å². The summed E-state index contributed by atoms with van der Waals surface area (Å²) < 4.78 is 131. The summed E-state index contributed by atoms with van der Waals surface area (Å²) in [6.45, 7) is 8.29. The fourth-order valence-electron chi connectivity index (χ4n) is 5.76. The van der Waals surface area contributed by atoms with E-state index in [1.165, 1.54) is 26.0 Å². The highest BCUT2D eigenvalue weighted by molar-refractivity contribution is 7.89. The molecule has 1 aromatic heterocycles. The number of nitrogens with one attached hydrogen (secondary N) is 3. The Labute approximate surface area is 385 Å². The number of benzene rings is 2. The second-order valence-corrected chi connectivity index (χ2v) is 17.1. The molecule has 29 heteroatoms. The molecule has 17 nitrogen and oxygen atoms in total. The Morgan fingerprint density at radius 1 is 0.791 bits per heavy atom. The first kappa shape index (κ1) is 57.9. The van der Waals surface area contributed by atoms with Crippen molar-refractivity contribution in [2.24, 2.45) is 0 Å². The van der Waals surface area contributed by atoms with E-state index in [-0.39, 0.29) is 39.6 Å². The maximum absolute atomic E-state index is 13.6. The van der Waals surface area contributed by atoms with Gasteiger partial charge in [0.25, 0.3) is 0 Å². The second kappa shape index (κ2) is 24.2. The summed E-state index contributed by atoms with van der Waals surface area (Å²) in [4.78, 5) is 60.6. The predicted octanol–water partition coefficient (Wildman–Crippen LogP) is 5.40. The number of carbonyl (C=O) groups is 5. The van der Waals surface area contributed by atoms with Gasteiger partial charge in [0.05, 0.1) is 11.6 Å². The van der Waals surface area contributed by atoms with Gasteiger partial charge >= 0.3 is 36.4 Å². The predicted molar refractivity (Wildman–Crippen MR) is 220 cm³/mol. The van der Waals surface area contributed by atoms with Crippen LogP contribution in [-0.2, 0) is 40.6 Å². The van der Waals surface area contributed by atoms with Crippen molar-refractivity contribution in [3.05, 3.63) is 63.8 Å². The van der Waals surface area contributed by atoms with Gasteiger partial charge in [0.1, 0.15) is 28.3 Å². The molecule has 5 rings (SSSR count). The highest BCUT2D eigenvalue weighted by Crippen LogP contribution is 2.34. The van der Waals surface area contributed by atoms with E-state index in [0.29, 0.717) is 43.5 Å². The first-order valence-electron chi connectivity index (χ1n) is 19.1. The second-order valence-electron chi connectivity index (χ2n) is 14.6. The fourth-order valence-corrected chi connectivity index (χ4v) is 8.02. The van der Waals surface area contributed by atoms with Crippen molar-refractivity contribution in [1.82, 2.24) is 30.1 Å². The number of fused-ring (bicyclic) bond motifs is 1. The number of carboxylic acid groups (broad SMARTS) is 3. The van der Waals surface area contributed by atoms with Crippen LogP contribution in [0.15, 0.2) is 47.4 Å². The average molecular weight is 1030 g/mol. The van der Waals surface area contributed by atoms with Crippen LogP contribution in [0.4, 0.5) is 39.5 Å². The number of sulfonamides is 1. The molecular formula is C38H43Cl2F9N6O11S. The highest BCUT2D eigenvalue weighted by Gasteiger charge is 2.41. The van der Waals surface area contributed by atoms with Crippen LogP contribution in [0.25, 0.3) is 10.9 Å². The quantitative estimate of drug-likeness (QED) is 0.139. The van der Waals surface area contributed by atoms with Crippen LogP contribution >= 0.6 is 23.2 Å². The van der Waals surface area contributed by atoms with Crippen molar-refractivity contribution < 1.29 is 92.0 Å². The molecule has 2 aliphatic rings. The molecule has 2 amide bonds. The Morgan fingerprint density at radius 3 is 1.78 bits per heavy atom. The zero-order valence-corrected chi connectivity index (χ0v) is 37.5. The Balaban J connectivity index is 0.000000608. The zero-order valence-electron chi connectivity index (χ0n) is 35.2. The third-order valence-electron chi connectivity index (χ3n) is 9.09. The molecule has 374 valence electrons. The number of halogens is 11. The van der Waals surface area contributed by atoms with Crippen LogP contribution in [0.2, 0.25) is 10.0 Å². The zero-order chi connectivity index (χ0) is 51.3. The molecule has 3 heterocycles. The molecule has 6 N–H and O–H groups in total. The number of piperidine rings is 1. The van der Waals surface area contributed by atoms with Crippen LogP contribution in [0, 0.1) is 6.92 Å². The van der Waals surface area contributed by atoms with E-state index in [1.807, 2.05) is 31.2 Å². The number of carboxylic acids is 3. The number of piperazine rings is 1. The minimum atomic E-state index is -5.08. The molecule has 0 radical (unpaired) electrons. The summed E-state index contributed by atoms with van der Waals surface area (Å²) in [6, 6.07) is 12.5. The standard InChI is InChI=1S/C32H40Cl2N6O5S.3C2HF3O2/c1-21-7-8-22-5-4-6-26(30(22)37-21)45-20-24-25(33)9-10-27(29(24)34)46(43,44)38-32(2,3)31(42)40-17-15-39(16-18-40)28(41)19-36-23-11-13-35-14-12-23;3*3-2(4,5)1(6)7/h4-10,23,35-36,38H,11-20H2,1-3H3;3*(H,6,7). The third-order valence-corrected chi connectivity index (χ3v) is 11.7. The molecular weight excluding hydrogens is 990 g/mol. The van der Waals surface area contributed by atoms with E-state index in [1.54, 1.807) is 15.9 Å². The van der Waals surface area contributed by atoms with E-state index < -0.39 is 57.9 Å². The van der Waals surface area contributed by atoms with E-state index >= 15 is 0 Å². The van der Waals surface area contributed by atoms with Crippen LogP contribution in [0.1, 0.15) is 37.9 Å². The number of ether oxygens (including phenoxy) is 1. The third kappa shape index (κ3) is 18.4. The smallest absolute Gasteiger partial charge is 0.487 e. The summed E-state index contributed by atoms with van der Waals surface area (Å²) in [5.74, 6) is -8.17. The van der Waals surface area contributed by atoms with Gasteiger partial charge in [0, 0.05) is 53.9 Å². The minimum Gasteiger partial charge on any atom is -0.487 e. The molecule has 67 heavy (non-hydrogen) atoms. The van der Waals surface area contributed by atoms with Gasteiger partial charge in [-0.3, -0.25) is 9.59 Å². The van der Waals surface area contributed by atoms with E-state index in [9.17, 15) is 57.5 Å². The van der Waals surface area contributed by atoms with Crippen molar-refractivity contribution in [1.29, 1.82) is 0 Å².